The van der Waals surface area contributed by atoms with Crippen LogP contribution in [0.1, 0.15) is 31.4 Å². The Kier molecular flexibility index (Phi) is 7.77. The van der Waals surface area contributed by atoms with Crippen LogP contribution in [0.4, 0.5) is 5.69 Å². The van der Waals surface area contributed by atoms with Gasteiger partial charge in [0, 0.05) is 18.1 Å². The highest BCUT2D eigenvalue weighted by Gasteiger charge is 2.23. The maximum atomic E-state index is 13.3. The molecule has 9 heteroatoms. The first-order chi connectivity index (χ1) is 17.0. The van der Waals surface area contributed by atoms with Crippen LogP contribution in [0.15, 0.2) is 70.9 Å². The number of nitrogens with one attached hydrogen (secondary N) is 1. The number of ether oxygens (including phenoxy) is 1. The largest absolute Gasteiger partial charge is 0.497 e. The number of hydrogen-bond acceptors (Lipinski definition) is 7. The van der Waals surface area contributed by atoms with Crippen LogP contribution in [0.5, 0.6) is 5.75 Å². The van der Waals surface area contributed by atoms with Crippen molar-refractivity contribution in [3.05, 3.63) is 82.4 Å². The van der Waals surface area contributed by atoms with E-state index in [0.717, 1.165) is 23.4 Å². The number of carbonyl (C=O) groups is 1. The van der Waals surface area contributed by atoms with Gasteiger partial charge in [-0.05, 0) is 48.2 Å². The minimum atomic E-state index is -0.455. The Balaban J connectivity index is 1.65. The third kappa shape index (κ3) is 5.68. The van der Waals surface area contributed by atoms with Gasteiger partial charge in [-0.3, -0.25) is 14.2 Å². The number of amides is 1. The highest BCUT2D eigenvalue weighted by atomic mass is 32.2. The van der Waals surface area contributed by atoms with Gasteiger partial charge in [-0.1, -0.05) is 49.9 Å². The molecule has 2 aromatic carbocycles. The second kappa shape index (κ2) is 11.1. The van der Waals surface area contributed by atoms with Gasteiger partial charge < -0.3 is 10.1 Å². The number of hydrogen-bond donors (Lipinski definition) is 1. The molecule has 0 saturated heterocycles. The Labute approximate surface area is 207 Å². The van der Waals surface area contributed by atoms with Crippen LogP contribution in [0.2, 0.25) is 0 Å². The first-order valence-corrected chi connectivity index (χ1v) is 12.3. The molecule has 2 aromatic heterocycles. The molecule has 1 N–H and O–H groups in total. The van der Waals surface area contributed by atoms with E-state index in [4.69, 9.17) is 4.74 Å². The zero-order chi connectivity index (χ0) is 24.8. The predicted molar refractivity (Wildman–Crippen MR) is 138 cm³/mol. The lowest BCUT2D eigenvalue weighted by Crippen LogP contribution is -2.29. The Morgan fingerprint density at radius 2 is 1.71 bits per heavy atom. The normalized spacial score (nSPS) is 11.9. The van der Waals surface area contributed by atoms with E-state index in [1.807, 2.05) is 55.5 Å². The van der Waals surface area contributed by atoms with Crippen molar-refractivity contribution in [3.63, 3.8) is 0 Å². The van der Waals surface area contributed by atoms with Crippen LogP contribution in [0, 0.1) is 0 Å². The average molecular weight is 490 g/mol. The molecule has 1 unspecified atom stereocenters. The van der Waals surface area contributed by atoms with Crippen LogP contribution in [-0.2, 0) is 17.8 Å². The van der Waals surface area contributed by atoms with Crippen LogP contribution in [0.3, 0.4) is 0 Å². The van der Waals surface area contributed by atoms with E-state index in [-0.39, 0.29) is 29.2 Å². The lowest BCUT2D eigenvalue weighted by molar-refractivity contribution is -0.115. The van der Waals surface area contributed by atoms with Gasteiger partial charge in [0.05, 0.1) is 18.9 Å². The molecule has 0 radical (unpaired) electrons. The summed E-state index contributed by atoms with van der Waals surface area (Å²) in [7, 11) is 1.61. The smallest absolute Gasteiger partial charge is 0.282 e. The van der Waals surface area contributed by atoms with E-state index in [1.54, 1.807) is 11.7 Å². The van der Waals surface area contributed by atoms with E-state index in [9.17, 15) is 9.59 Å². The van der Waals surface area contributed by atoms with E-state index in [0.29, 0.717) is 11.6 Å². The quantitative estimate of drug-likeness (QED) is 0.276. The summed E-state index contributed by atoms with van der Waals surface area (Å²) >= 11 is 1.25. The van der Waals surface area contributed by atoms with Crippen molar-refractivity contribution in [1.82, 2.24) is 19.5 Å². The fourth-order valence-corrected chi connectivity index (χ4v) is 4.57. The van der Waals surface area contributed by atoms with Crippen molar-refractivity contribution >= 4 is 34.5 Å². The molecule has 0 aliphatic carbocycles. The van der Waals surface area contributed by atoms with Crippen LogP contribution < -0.4 is 15.6 Å². The number of methoxy groups -OCH3 is 1. The number of thioether (sulfide) groups is 1. The summed E-state index contributed by atoms with van der Waals surface area (Å²) in [5.74, 6) is 0.583. The summed E-state index contributed by atoms with van der Waals surface area (Å²) in [6.07, 6.45) is 4.47. The molecule has 2 heterocycles. The summed E-state index contributed by atoms with van der Waals surface area (Å²) in [6, 6.07) is 15.3. The Morgan fingerprint density at radius 3 is 2.37 bits per heavy atom. The number of benzene rings is 2. The summed E-state index contributed by atoms with van der Waals surface area (Å²) in [5, 5.41) is 2.95. The molecular formula is C26H27N5O3S. The molecule has 1 atom stereocenters. The SMILES string of the molecule is CCc1ccc(NC(=O)C(CC)Sc2nc3nccnc3c(=O)n2Cc2ccc(OC)cc2)cc1. The third-order valence-electron chi connectivity index (χ3n) is 5.60. The molecule has 0 fully saturated rings. The van der Waals surface area contributed by atoms with Crippen molar-refractivity contribution in [2.24, 2.45) is 0 Å². The zero-order valence-electron chi connectivity index (χ0n) is 19.9. The Morgan fingerprint density at radius 1 is 1.03 bits per heavy atom. The number of anilines is 1. The maximum absolute atomic E-state index is 13.3. The van der Waals surface area contributed by atoms with Gasteiger partial charge >= 0.3 is 0 Å². The lowest BCUT2D eigenvalue weighted by Gasteiger charge is -2.18. The van der Waals surface area contributed by atoms with E-state index in [2.05, 4.69) is 27.2 Å². The zero-order valence-corrected chi connectivity index (χ0v) is 20.7. The molecule has 4 rings (SSSR count). The summed E-state index contributed by atoms with van der Waals surface area (Å²) in [5.41, 5.74) is 2.99. The highest BCUT2D eigenvalue weighted by Crippen LogP contribution is 2.26. The molecule has 180 valence electrons. The molecular weight excluding hydrogens is 462 g/mol. The fourth-order valence-electron chi connectivity index (χ4n) is 3.57. The minimum Gasteiger partial charge on any atom is -0.497 e. The van der Waals surface area contributed by atoms with Crippen molar-refractivity contribution in [2.45, 2.75) is 43.6 Å². The molecule has 1 amide bonds. The fraction of sp³-hybridized carbons (Fsp3) is 0.269. The molecule has 0 bridgehead atoms. The van der Waals surface area contributed by atoms with Crippen LogP contribution >= 0.6 is 11.8 Å². The maximum Gasteiger partial charge on any atom is 0.282 e. The second-order valence-electron chi connectivity index (χ2n) is 7.92. The molecule has 0 aliphatic heterocycles. The molecule has 0 aliphatic rings. The van der Waals surface area contributed by atoms with E-state index >= 15 is 0 Å². The van der Waals surface area contributed by atoms with Gasteiger partial charge in [0.2, 0.25) is 5.91 Å². The van der Waals surface area contributed by atoms with Crippen molar-refractivity contribution in [3.8, 4) is 5.75 Å². The van der Waals surface area contributed by atoms with Gasteiger partial charge in [0.15, 0.2) is 16.3 Å². The number of aromatic nitrogens is 4. The third-order valence-corrected chi connectivity index (χ3v) is 6.95. The number of nitrogens with zero attached hydrogens (tertiary/aromatic N) is 4. The van der Waals surface area contributed by atoms with Crippen LogP contribution in [-0.4, -0.2) is 37.8 Å². The second-order valence-corrected chi connectivity index (χ2v) is 9.09. The Bertz CT molecular complexity index is 1370. The number of aryl methyl sites for hydroxylation is 1. The van der Waals surface area contributed by atoms with Gasteiger partial charge in [-0.2, -0.15) is 0 Å². The van der Waals surface area contributed by atoms with Crippen molar-refractivity contribution < 1.29 is 9.53 Å². The highest BCUT2D eigenvalue weighted by molar-refractivity contribution is 8.00. The Hall–Kier alpha value is -3.72. The van der Waals surface area contributed by atoms with Crippen molar-refractivity contribution in [1.29, 1.82) is 0 Å². The average Bonchev–Trinajstić information content (AvgIpc) is 2.90. The standard InChI is InChI=1S/C26H27N5O3S/c1-4-17-6-10-19(11-7-17)29-24(32)21(5-2)35-26-30-23-22(27-14-15-28-23)25(33)31(26)16-18-8-12-20(34-3)13-9-18/h6-15,21H,4-5,16H2,1-3H3,(H,29,32). The van der Waals surface area contributed by atoms with Gasteiger partial charge in [0.1, 0.15) is 5.75 Å². The summed E-state index contributed by atoms with van der Waals surface area (Å²) < 4.78 is 6.78. The number of fused-ring (bicyclic) bond motifs is 1. The van der Waals surface area contributed by atoms with Gasteiger partial charge in [-0.25, -0.2) is 15.0 Å². The summed E-state index contributed by atoms with van der Waals surface area (Å²) in [6.45, 7) is 4.30. The van der Waals surface area contributed by atoms with E-state index in [1.165, 1.54) is 29.7 Å². The molecule has 8 nitrogen and oxygen atoms in total. The van der Waals surface area contributed by atoms with E-state index < -0.39 is 5.25 Å². The van der Waals surface area contributed by atoms with Crippen LogP contribution in [0.25, 0.3) is 11.2 Å². The van der Waals surface area contributed by atoms with Gasteiger partial charge in [0.25, 0.3) is 5.56 Å². The first kappa shape index (κ1) is 24.4. The molecule has 35 heavy (non-hydrogen) atoms. The molecule has 0 saturated carbocycles. The summed E-state index contributed by atoms with van der Waals surface area (Å²) in [4.78, 5) is 39.5. The van der Waals surface area contributed by atoms with Gasteiger partial charge in [-0.15, -0.1) is 0 Å². The van der Waals surface area contributed by atoms with Crippen molar-refractivity contribution in [2.75, 3.05) is 12.4 Å². The monoisotopic (exact) mass is 489 g/mol. The predicted octanol–water partition coefficient (Wildman–Crippen LogP) is 4.32. The number of rotatable bonds is 9. The molecule has 4 aromatic rings. The minimum absolute atomic E-state index is 0.147. The number of carbonyl (C=O) groups excluding carboxylic acids is 1. The topological polar surface area (TPSA) is 99.0 Å². The lowest BCUT2D eigenvalue weighted by atomic mass is 10.1. The molecule has 0 spiro atoms. The first-order valence-electron chi connectivity index (χ1n) is 11.4.